The van der Waals surface area contributed by atoms with Gasteiger partial charge in [-0.05, 0) is 42.0 Å². The lowest BCUT2D eigenvalue weighted by Crippen LogP contribution is -2.27. The van der Waals surface area contributed by atoms with Gasteiger partial charge >= 0.3 is 0 Å². The van der Waals surface area contributed by atoms with Gasteiger partial charge in [0, 0.05) is 24.7 Å². The lowest BCUT2D eigenvalue weighted by molar-refractivity contribution is -0.117. The highest BCUT2D eigenvalue weighted by Gasteiger charge is 2.27. The van der Waals surface area contributed by atoms with Crippen molar-refractivity contribution in [3.63, 3.8) is 0 Å². The van der Waals surface area contributed by atoms with Gasteiger partial charge in [-0.1, -0.05) is 12.1 Å². The van der Waals surface area contributed by atoms with Gasteiger partial charge in [-0.3, -0.25) is 4.79 Å². The number of nitrogens with zero attached hydrogens (tertiary/aromatic N) is 1. The van der Waals surface area contributed by atoms with Crippen LogP contribution < -0.4 is 15.4 Å². The molecule has 0 radical (unpaired) electrons. The molecule has 0 spiro atoms. The predicted molar refractivity (Wildman–Crippen MR) is 89.4 cm³/mol. The number of rotatable bonds is 4. The van der Waals surface area contributed by atoms with E-state index in [1.807, 2.05) is 18.2 Å². The van der Waals surface area contributed by atoms with Crippen molar-refractivity contribution in [1.82, 2.24) is 0 Å². The first kappa shape index (κ1) is 17.2. The van der Waals surface area contributed by atoms with E-state index in [2.05, 4.69) is 0 Å². The second kappa shape index (κ2) is 7.44. The molecule has 1 atom stereocenters. The molecular weight excluding hydrogens is 319 g/mol. The molecule has 1 saturated heterocycles. The van der Waals surface area contributed by atoms with Crippen molar-refractivity contribution in [3.8, 4) is 5.75 Å². The molecule has 1 heterocycles. The predicted octanol–water partition coefficient (Wildman–Crippen LogP) is 2.89. The average Bonchev–Trinajstić information content (AvgIpc) is 2.84. The van der Waals surface area contributed by atoms with E-state index < -0.39 is 0 Å². The highest BCUT2D eigenvalue weighted by molar-refractivity contribution is 5.96. The van der Waals surface area contributed by atoms with Crippen LogP contribution in [0.15, 0.2) is 48.5 Å². The van der Waals surface area contributed by atoms with Crippen LogP contribution in [0.1, 0.15) is 12.0 Å². The Bertz CT molecular complexity index is 679. The lowest BCUT2D eigenvalue weighted by atomic mass is 10.2. The molecule has 0 bridgehead atoms. The van der Waals surface area contributed by atoms with Crippen molar-refractivity contribution in [3.05, 3.63) is 59.9 Å². The SMILES string of the molecule is Cl.NC1CC(=O)N(c2ccc(OCc3cccc(F)c3)cc2)C1. The van der Waals surface area contributed by atoms with Crippen LogP contribution in [0.4, 0.5) is 10.1 Å². The van der Waals surface area contributed by atoms with Gasteiger partial charge in [-0.25, -0.2) is 4.39 Å². The summed E-state index contributed by atoms with van der Waals surface area (Å²) >= 11 is 0. The summed E-state index contributed by atoms with van der Waals surface area (Å²) in [6, 6.07) is 13.5. The maximum Gasteiger partial charge on any atom is 0.228 e. The second-order valence-corrected chi connectivity index (χ2v) is 5.38. The van der Waals surface area contributed by atoms with E-state index in [0.717, 1.165) is 11.3 Å². The van der Waals surface area contributed by atoms with E-state index in [9.17, 15) is 9.18 Å². The highest BCUT2D eigenvalue weighted by atomic mass is 35.5. The van der Waals surface area contributed by atoms with Gasteiger partial charge in [0.25, 0.3) is 0 Å². The Morgan fingerprint density at radius 3 is 2.57 bits per heavy atom. The summed E-state index contributed by atoms with van der Waals surface area (Å²) < 4.78 is 18.7. The van der Waals surface area contributed by atoms with Crippen molar-refractivity contribution in [2.45, 2.75) is 19.1 Å². The zero-order chi connectivity index (χ0) is 15.5. The molecule has 6 heteroatoms. The number of hydrogen-bond acceptors (Lipinski definition) is 3. The Morgan fingerprint density at radius 2 is 1.96 bits per heavy atom. The number of nitrogens with two attached hydrogens (primary N) is 1. The van der Waals surface area contributed by atoms with Crippen LogP contribution in [0.3, 0.4) is 0 Å². The molecule has 122 valence electrons. The molecule has 2 aromatic carbocycles. The minimum absolute atomic E-state index is 0. The van der Waals surface area contributed by atoms with Gasteiger partial charge in [-0.15, -0.1) is 12.4 Å². The summed E-state index contributed by atoms with van der Waals surface area (Å²) in [5, 5.41) is 0. The van der Waals surface area contributed by atoms with E-state index in [1.165, 1.54) is 12.1 Å². The third-order valence-corrected chi connectivity index (χ3v) is 3.60. The molecule has 23 heavy (non-hydrogen) atoms. The Labute approximate surface area is 140 Å². The fourth-order valence-corrected chi connectivity index (χ4v) is 2.50. The van der Waals surface area contributed by atoms with Crippen molar-refractivity contribution in [2.24, 2.45) is 5.73 Å². The first-order valence-electron chi connectivity index (χ1n) is 7.15. The summed E-state index contributed by atoms with van der Waals surface area (Å²) in [5.74, 6) is 0.435. The standard InChI is InChI=1S/C17H17FN2O2.ClH/c18-13-3-1-2-12(8-13)11-22-16-6-4-15(5-7-16)20-10-14(19)9-17(20)21;/h1-8,14H,9-11,19H2;1H. The number of hydrogen-bond donors (Lipinski definition) is 1. The normalized spacial score (nSPS) is 17.0. The van der Waals surface area contributed by atoms with E-state index >= 15 is 0 Å². The van der Waals surface area contributed by atoms with Crippen LogP contribution >= 0.6 is 12.4 Å². The number of carbonyl (C=O) groups excluding carboxylic acids is 1. The highest BCUT2D eigenvalue weighted by Crippen LogP contribution is 2.24. The number of benzene rings is 2. The van der Waals surface area contributed by atoms with Crippen LogP contribution in [0.25, 0.3) is 0 Å². The number of amides is 1. The number of carbonyl (C=O) groups is 1. The molecular formula is C17H18ClFN2O2. The van der Waals surface area contributed by atoms with E-state index in [0.29, 0.717) is 25.3 Å². The monoisotopic (exact) mass is 336 g/mol. The van der Waals surface area contributed by atoms with E-state index in [4.69, 9.17) is 10.5 Å². The third-order valence-electron chi connectivity index (χ3n) is 3.60. The molecule has 4 nitrogen and oxygen atoms in total. The molecule has 0 aliphatic carbocycles. The molecule has 1 fully saturated rings. The Kier molecular flexibility index (Phi) is 5.58. The van der Waals surface area contributed by atoms with Gasteiger partial charge in [0.15, 0.2) is 0 Å². The molecule has 1 aliphatic heterocycles. The van der Waals surface area contributed by atoms with Crippen LogP contribution in [-0.2, 0) is 11.4 Å². The molecule has 3 rings (SSSR count). The van der Waals surface area contributed by atoms with Crippen molar-refractivity contribution in [2.75, 3.05) is 11.4 Å². The zero-order valence-electron chi connectivity index (χ0n) is 12.4. The molecule has 1 amide bonds. The first-order chi connectivity index (χ1) is 10.6. The Balaban J connectivity index is 0.00000192. The fraction of sp³-hybridized carbons (Fsp3) is 0.235. The van der Waals surface area contributed by atoms with Crippen molar-refractivity contribution in [1.29, 1.82) is 0 Å². The number of halogens is 2. The topological polar surface area (TPSA) is 55.6 Å². The summed E-state index contributed by atoms with van der Waals surface area (Å²) in [7, 11) is 0. The van der Waals surface area contributed by atoms with Crippen LogP contribution in [0.5, 0.6) is 5.75 Å². The van der Waals surface area contributed by atoms with Crippen molar-refractivity contribution < 1.29 is 13.9 Å². The van der Waals surface area contributed by atoms with Gasteiger partial charge in [-0.2, -0.15) is 0 Å². The zero-order valence-corrected chi connectivity index (χ0v) is 13.3. The number of anilines is 1. The first-order valence-corrected chi connectivity index (χ1v) is 7.15. The minimum Gasteiger partial charge on any atom is -0.489 e. The Hall–Kier alpha value is -2.11. The summed E-state index contributed by atoms with van der Waals surface area (Å²) in [5.41, 5.74) is 7.37. The molecule has 2 aromatic rings. The maximum absolute atomic E-state index is 13.1. The molecule has 1 aliphatic rings. The van der Waals surface area contributed by atoms with Gasteiger partial charge in [0.05, 0.1) is 0 Å². The molecule has 0 saturated carbocycles. The summed E-state index contributed by atoms with van der Waals surface area (Å²) in [6.45, 7) is 0.840. The summed E-state index contributed by atoms with van der Waals surface area (Å²) in [4.78, 5) is 13.5. The fourth-order valence-electron chi connectivity index (χ4n) is 2.50. The molecule has 1 unspecified atom stereocenters. The number of ether oxygens (including phenoxy) is 1. The van der Waals surface area contributed by atoms with Gasteiger partial charge in [0.1, 0.15) is 18.2 Å². The van der Waals surface area contributed by atoms with E-state index in [1.54, 1.807) is 23.1 Å². The van der Waals surface area contributed by atoms with Crippen LogP contribution in [0.2, 0.25) is 0 Å². The average molecular weight is 337 g/mol. The smallest absolute Gasteiger partial charge is 0.228 e. The minimum atomic E-state index is -0.277. The van der Waals surface area contributed by atoms with E-state index in [-0.39, 0.29) is 30.2 Å². The largest absolute Gasteiger partial charge is 0.489 e. The second-order valence-electron chi connectivity index (χ2n) is 5.38. The molecule has 2 N–H and O–H groups in total. The summed E-state index contributed by atoms with van der Waals surface area (Å²) in [6.07, 6.45) is 0.387. The Morgan fingerprint density at radius 1 is 1.22 bits per heavy atom. The van der Waals surface area contributed by atoms with Gasteiger partial charge < -0.3 is 15.4 Å². The third kappa shape index (κ3) is 4.21. The molecule has 0 aromatic heterocycles. The van der Waals surface area contributed by atoms with Gasteiger partial charge in [0.2, 0.25) is 5.91 Å². The van der Waals surface area contributed by atoms with Crippen molar-refractivity contribution >= 4 is 24.0 Å². The maximum atomic E-state index is 13.1. The quantitative estimate of drug-likeness (QED) is 0.934. The van der Waals surface area contributed by atoms with Crippen LogP contribution in [0, 0.1) is 5.82 Å². The lowest BCUT2D eigenvalue weighted by Gasteiger charge is -2.16. The van der Waals surface area contributed by atoms with Crippen LogP contribution in [-0.4, -0.2) is 18.5 Å².